The van der Waals surface area contributed by atoms with Crippen LogP contribution in [-0.2, 0) is 27.9 Å². The highest BCUT2D eigenvalue weighted by Crippen LogP contribution is 2.24. The zero-order chi connectivity index (χ0) is 22.8. The molecule has 0 aliphatic rings. The van der Waals surface area contributed by atoms with Crippen molar-refractivity contribution in [2.45, 2.75) is 51.6 Å². The molecule has 0 saturated carbocycles. The number of aryl methyl sites for hydroxylation is 1. The molecular formula is C22H28N4O4S. The molecule has 1 aromatic carbocycles. The molecule has 1 N–H and O–H groups in total. The van der Waals surface area contributed by atoms with Gasteiger partial charge in [-0.2, -0.15) is 9.40 Å². The van der Waals surface area contributed by atoms with Crippen LogP contribution in [0.25, 0.3) is 0 Å². The van der Waals surface area contributed by atoms with Crippen LogP contribution in [0.2, 0.25) is 0 Å². The Kier molecular flexibility index (Phi) is 6.66. The molecule has 0 saturated heterocycles. The highest BCUT2D eigenvalue weighted by atomic mass is 32.2. The third kappa shape index (κ3) is 5.05. The van der Waals surface area contributed by atoms with Crippen LogP contribution < -0.4 is 5.32 Å². The number of furan rings is 1. The molecule has 0 fully saturated rings. The number of sulfonamides is 1. The molecule has 2 aromatic heterocycles. The molecule has 0 aliphatic carbocycles. The summed E-state index contributed by atoms with van der Waals surface area (Å²) in [6.45, 7) is 7.47. The highest BCUT2D eigenvalue weighted by Gasteiger charge is 2.29. The second kappa shape index (κ2) is 9.07. The maximum atomic E-state index is 13.1. The number of aromatic nitrogens is 2. The minimum Gasteiger partial charge on any atom is -0.468 e. The molecule has 3 aromatic rings. The summed E-state index contributed by atoms with van der Waals surface area (Å²) in [6.07, 6.45) is 1.50. The first-order valence-electron chi connectivity index (χ1n) is 10.0. The molecule has 0 spiro atoms. The van der Waals surface area contributed by atoms with Gasteiger partial charge in [0.2, 0.25) is 15.9 Å². The zero-order valence-electron chi connectivity index (χ0n) is 18.4. The first-order valence-corrected chi connectivity index (χ1v) is 11.5. The Bertz CT molecular complexity index is 1160. The number of nitrogens with zero attached hydrogens (tertiary/aromatic N) is 3. The van der Waals surface area contributed by atoms with Crippen LogP contribution >= 0.6 is 0 Å². The van der Waals surface area contributed by atoms with E-state index in [-0.39, 0.29) is 23.9 Å². The standard InChI is InChI=1S/C22H28N4O4S/c1-15(2)18-8-6-9-19(12-18)23-21(27)14-26-17(4)22(16(3)24-26)31(28,29)25(5)13-20-10-7-11-30-20/h6-12,15H,13-14H2,1-5H3,(H,23,27). The van der Waals surface area contributed by atoms with Gasteiger partial charge in [0.15, 0.2) is 0 Å². The van der Waals surface area contributed by atoms with Gasteiger partial charge in [0.1, 0.15) is 17.2 Å². The highest BCUT2D eigenvalue weighted by molar-refractivity contribution is 7.89. The molecule has 2 heterocycles. The Morgan fingerprint density at radius 3 is 2.61 bits per heavy atom. The normalized spacial score (nSPS) is 12.0. The van der Waals surface area contributed by atoms with E-state index < -0.39 is 10.0 Å². The number of carbonyl (C=O) groups excluding carboxylic acids is 1. The lowest BCUT2D eigenvalue weighted by atomic mass is 10.0. The van der Waals surface area contributed by atoms with Crippen molar-refractivity contribution in [3.63, 3.8) is 0 Å². The van der Waals surface area contributed by atoms with Gasteiger partial charge < -0.3 is 9.73 Å². The van der Waals surface area contributed by atoms with E-state index in [0.717, 1.165) is 5.56 Å². The Morgan fingerprint density at radius 1 is 1.23 bits per heavy atom. The van der Waals surface area contributed by atoms with Gasteiger partial charge in [-0.15, -0.1) is 0 Å². The summed E-state index contributed by atoms with van der Waals surface area (Å²) in [5.74, 6) is 0.606. The minimum atomic E-state index is -3.81. The fourth-order valence-electron chi connectivity index (χ4n) is 3.38. The third-order valence-corrected chi connectivity index (χ3v) is 7.13. The molecule has 3 rings (SSSR count). The van der Waals surface area contributed by atoms with Gasteiger partial charge >= 0.3 is 0 Å². The van der Waals surface area contributed by atoms with Crippen LogP contribution in [0, 0.1) is 13.8 Å². The molecule has 0 unspecified atom stereocenters. The largest absolute Gasteiger partial charge is 0.468 e. The van der Waals surface area contributed by atoms with Crippen molar-refractivity contribution in [1.82, 2.24) is 14.1 Å². The molecule has 0 bridgehead atoms. The summed E-state index contributed by atoms with van der Waals surface area (Å²) in [5.41, 5.74) is 2.58. The van der Waals surface area contributed by atoms with Gasteiger partial charge in [-0.25, -0.2) is 8.42 Å². The molecular weight excluding hydrogens is 416 g/mol. The zero-order valence-corrected chi connectivity index (χ0v) is 19.2. The van der Waals surface area contributed by atoms with E-state index in [2.05, 4.69) is 24.3 Å². The first kappa shape index (κ1) is 22.8. The summed E-state index contributed by atoms with van der Waals surface area (Å²) in [7, 11) is -2.32. The SMILES string of the molecule is Cc1nn(CC(=O)Nc2cccc(C(C)C)c2)c(C)c1S(=O)(=O)N(C)Cc1ccco1. The van der Waals surface area contributed by atoms with E-state index in [4.69, 9.17) is 4.42 Å². The van der Waals surface area contributed by atoms with E-state index in [9.17, 15) is 13.2 Å². The summed E-state index contributed by atoms with van der Waals surface area (Å²) >= 11 is 0. The number of nitrogens with one attached hydrogen (secondary N) is 1. The van der Waals surface area contributed by atoms with Crippen molar-refractivity contribution < 1.29 is 17.6 Å². The number of amides is 1. The summed E-state index contributed by atoms with van der Waals surface area (Å²) in [6, 6.07) is 11.1. The molecule has 0 atom stereocenters. The van der Waals surface area contributed by atoms with Crippen LogP contribution in [0.1, 0.15) is 42.5 Å². The number of benzene rings is 1. The lowest BCUT2D eigenvalue weighted by Gasteiger charge is -2.16. The molecule has 1 amide bonds. The molecule has 9 heteroatoms. The lowest BCUT2D eigenvalue weighted by molar-refractivity contribution is -0.116. The van der Waals surface area contributed by atoms with E-state index in [1.54, 1.807) is 26.0 Å². The van der Waals surface area contributed by atoms with E-state index in [0.29, 0.717) is 28.8 Å². The molecule has 31 heavy (non-hydrogen) atoms. The molecule has 0 radical (unpaired) electrons. The summed E-state index contributed by atoms with van der Waals surface area (Å²) < 4.78 is 34.1. The average molecular weight is 445 g/mol. The average Bonchev–Trinajstić information content (AvgIpc) is 3.29. The van der Waals surface area contributed by atoms with Crippen molar-refractivity contribution in [1.29, 1.82) is 0 Å². The maximum absolute atomic E-state index is 13.1. The Morgan fingerprint density at radius 2 is 1.97 bits per heavy atom. The summed E-state index contributed by atoms with van der Waals surface area (Å²) in [4.78, 5) is 12.7. The number of hydrogen-bond acceptors (Lipinski definition) is 5. The Labute approximate surface area is 182 Å². The molecule has 0 aliphatic heterocycles. The lowest BCUT2D eigenvalue weighted by Crippen LogP contribution is -2.27. The van der Waals surface area contributed by atoms with Crippen LogP contribution in [0.15, 0.2) is 52.0 Å². The van der Waals surface area contributed by atoms with Gasteiger partial charge in [0, 0.05) is 12.7 Å². The number of anilines is 1. The minimum absolute atomic E-state index is 0.0873. The smallest absolute Gasteiger partial charge is 0.246 e. The number of carbonyl (C=O) groups is 1. The topological polar surface area (TPSA) is 97.4 Å². The van der Waals surface area contributed by atoms with Crippen LogP contribution in [-0.4, -0.2) is 35.5 Å². The van der Waals surface area contributed by atoms with E-state index in [1.807, 2.05) is 24.3 Å². The fourth-order valence-corrected chi connectivity index (χ4v) is 4.88. The Balaban J connectivity index is 1.77. The second-order valence-electron chi connectivity index (χ2n) is 7.83. The third-order valence-electron chi connectivity index (χ3n) is 5.07. The van der Waals surface area contributed by atoms with Gasteiger partial charge in [-0.3, -0.25) is 9.48 Å². The van der Waals surface area contributed by atoms with Crippen molar-refractivity contribution in [3.8, 4) is 0 Å². The van der Waals surface area contributed by atoms with Gasteiger partial charge in [-0.1, -0.05) is 26.0 Å². The number of hydrogen-bond donors (Lipinski definition) is 1. The van der Waals surface area contributed by atoms with Crippen molar-refractivity contribution in [3.05, 3.63) is 65.4 Å². The van der Waals surface area contributed by atoms with Crippen LogP contribution in [0.3, 0.4) is 0 Å². The van der Waals surface area contributed by atoms with Crippen LogP contribution in [0.5, 0.6) is 0 Å². The predicted octanol–water partition coefficient (Wildman–Crippen LogP) is 3.68. The van der Waals surface area contributed by atoms with Gasteiger partial charge in [0.05, 0.1) is 24.2 Å². The maximum Gasteiger partial charge on any atom is 0.246 e. The fraction of sp³-hybridized carbons (Fsp3) is 0.364. The molecule has 8 nitrogen and oxygen atoms in total. The second-order valence-corrected chi connectivity index (χ2v) is 9.81. The monoisotopic (exact) mass is 444 g/mol. The van der Waals surface area contributed by atoms with Crippen LogP contribution in [0.4, 0.5) is 5.69 Å². The quantitative estimate of drug-likeness (QED) is 0.572. The van der Waals surface area contributed by atoms with E-state index >= 15 is 0 Å². The number of rotatable bonds is 8. The molecule has 166 valence electrons. The summed E-state index contributed by atoms with van der Waals surface area (Å²) in [5, 5.41) is 7.17. The predicted molar refractivity (Wildman–Crippen MR) is 118 cm³/mol. The van der Waals surface area contributed by atoms with Crippen molar-refractivity contribution >= 4 is 21.6 Å². The van der Waals surface area contributed by atoms with E-state index in [1.165, 1.54) is 22.3 Å². The van der Waals surface area contributed by atoms with Crippen molar-refractivity contribution in [2.75, 3.05) is 12.4 Å². The van der Waals surface area contributed by atoms with Gasteiger partial charge in [0.25, 0.3) is 0 Å². The van der Waals surface area contributed by atoms with Gasteiger partial charge in [-0.05, 0) is 49.6 Å². The first-order chi connectivity index (χ1) is 14.6. The van der Waals surface area contributed by atoms with Crippen molar-refractivity contribution in [2.24, 2.45) is 0 Å². The Hall–Kier alpha value is -2.91.